The lowest BCUT2D eigenvalue weighted by molar-refractivity contribution is -0.148. The summed E-state index contributed by atoms with van der Waals surface area (Å²) in [4.78, 5) is 28.7. The summed E-state index contributed by atoms with van der Waals surface area (Å²) >= 11 is 1.43. The van der Waals surface area contributed by atoms with E-state index in [1.54, 1.807) is 0 Å². The van der Waals surface area contributed by atoms with Crippen molar-refractivity contribution in [2.45, 2.75) is 46.0 Å². The first-order valence-electron chi connectivity index (χ1n) is 7.21. The fraction of sp³-hybridized carbons (Fsp3) is 0.643. The van der Waals surface area contributed by atoms with Crippen molar-refractivity contribution in [1.29, 1.82) is 0 Å². The third-order valence-electron chi connectivity index (χ3n) is 4.05. The molecule has 0 bridgehead atoms. The van der Waals surface area contributed by atoms with E-state index in [1.165, 1.54) is 11.3 Å². The Bertz CT molecular complexity index is 536. The lowest BCUT2D eigenvalue weighted by Gasteiger charge is -2.23. The van der Waals surface area contributed by atoms with Crippen molar-refractivity contribution in [2.75, 3.05) is 11.9 Å². The Morgan fingerprint density at radius 3 is 2.57 bits per heavy atom. The van der Waals surface area contributed by atoms with Crippen LogP contribution < -0.4 is 10.6 Å². The molecule has 2 rings (SSSR count). The SMILES string of the molecule is CCc1nc(NC(=O)NCC2(C(=O)O)CCCC2)sc1C. The fourth-order valence-electron chi connectivity index (χ4n) is 2.72. The second-order valence-corrected chi connectivity index (χ2v) is 6.68. The fourth-order valence-corrected chi connectivity index (χ4v) is 3.62. The van der Waals surface area contributed by atoms with E-state index in [9.17, 15) is 14.7 Å². The molecule has 0 atom stereocenters. The summed E-state index contributed by atoms with van der Waals surface area (Å²) in [6, 6.07) is -0.390. The van der Waals surface area contributed by atoms with Crippen molar-refractivity contribution >= 4 is 28.5 Å². The number of rotatable bonds is 5. The third-order valence-corrected chi connectivity index (χ3v) is 4.98. The van der Waals surface area contributed by atoms with Crippen molar-refractivity contribution in [1.82, 2.24) is 10.3 Å². The summed E-state index contributed by atoms with van der Waals surface area (Å²) in [6.45, 7) is 4.15. The van der Waals surface area contributed by atoms with Gasteiger partial charge in [0.25, 0.3) is 0 Å². The summed E-state index contributed by atoms with van der Waals surface area (Å²) in [5.74, 6) is -0.821. The van der Waals surface area contributed by atoms with Gasteiger partial charge in [-0.25, -0.2) is 9.78 Å². The summed E-state index contributed by atoms with van der Waals surface area (Å²) in [5, 5.41) is 15.3. The highest BCUT2D eigenvalue weighted by Gasteiger charge is 2.41. The van der Waals surface area contributed by atoms with E-state index >= 15 is 0 Å². The Labute approximate surface area is 128 Å². The summed E-state index contributed by atoms with van der Waals surface area (Å²) in [7, 11) is 0. The number of carbonyl (C=O) groups excluding carboxylic acids is 1. The van der Waals surface area contributed by atoms with E-state index in [2.05, 4.69) is 15.6 Å². The molecule has 0 aromatic carbocycles. The smallest absolute Gasteiger partial charge is 0.321 e. The number of amides is 2. The number of hydrogen-bond donors (Lipinski definition) is 3. The Morgan fingerprint density at radius 1 is 1.38 bits per heavy atom. The molecular weight excluding hydrogens is 290 g/mol. The largest absolute Gasteiger partial charge is 0.481 e. The van der Waals surface area contributed by atoms with Gasteiger partial charge in [-0.2, -0.15) is 0 Å². The topological polar surface area (TPSA) is 91.3 Å². The summed E-state index contributed by atoms with van der Waals surface area (Å²) < 4.78 is 0. The van der Waals surface area contributed by atoms with Gasteiger partial charge in [-0.3, -0.25) is 10.1 Å². The number of thiazole rings is 1. The maximum atomic E-state index is 11.9. The Kier molecular flexibility index (Phi) is 4.82. The minimum absolute atomic E-state index is 0.166. The van der Waals surface area contributed by atoms with Crippen molar-refractivity contribution in [3.05, 3.63) is 10.6 Å². The van der Waals surface area contributed by atoms with Crippen LogP contribution in [0.3, 0.4) is 0 Å². The minimum atomic E-state index is -0.821. The number of carbonyl (C=O) groups is 2. The molecule has 0 aliphatic heterocycles. The first-order chi connectivity index (χ1) is 9.97. The number of carboxylic acids is 1. The first kappa shape index (κ1) is 15.8. The van der Waals surface area contributed by atoms with Gasteiger partial charge in [0.15, 0.2) is 5.13 Å². The monoisotopic (exact) mass is 311 g/mol. The van der Waals surface area contributed by atoms with Gasteiger partial charge in [-0.05, 0) is 26.2 Å². The lowest BCUT2D eigenvalue weighted by atomic mass is 9.86. The molecule has 7 heteroatoms. The van der Waals surface area contributed by atoms with Crippen LogP contribution in [0.4, 0.5) is 9.93 Å². The molecule has 1 aliphatic carbocycles. The number of carboxylic acid groups (broad SMARTS) is 1. The number of nitrogens with one attached hydrogen (secondary N) is 2. The van der Waals surface area contributed by atoms with Gasteiger partial charge in [0, 0.05) is 11.4 Å². The Hall–Kier alpha value is -1.63. The second kappa shape index (κ2) is 6.43. The van der Waals surface area contributed by atoms with E-state index in [0.29, 0.717) is 18.0 Å². The molecule has 0 radical (unpaired) electrons. The number of anilines is 1. The molecule has 3 N–H and O–H groups in total. The van der Waals surface area contributed by atoms with E-state index in [-0.39, 0.29) is 12.6 Å². The van der Waals surface area contributed by atoms with Crippen LogP contribution in [0.15, 0.2) is 0 Å². The molecule has 1 aliphatic rings. The van der Waals surface area contributed by atoms with E-state index in [1.807, 2.05) is 13.8 Å². The molecule has 0 saturated heterocycles. The van der Waals surface area contributed by atoms with Crippen LogP contribution in [0.2, 0.25) is 0 Å². The molecular formula is C14H21N3O3S. The maximum absolute atomic E-state index is 11.9. The zero-order chi connectivity index (χ0) is 15.5. The van der Waals surface area contributed by atoms with Crippen LogP contribution in [-0.2, 0) is 11.2 Å². The molecule has 116 valence electrons. The molecule has 0 unspecified atom stereocenters. The number of urea groups is 1. The Morgan fingerprint density at radius 2 is 2.05 bits per heavy atom. The molecule has 1 saturated carbocycles. The van der Waals surface area contributed by atoms with Crippen LogP contribution >= 0.6 is 11.3 Å². The van der Waals surface area contributed by atoms with Gasteiger partial charge in [0.05, 0.1) is 11.1 Å². The van der Waals surface area contributed by atoms with Crippen molar-refractivity contribution in [2.24, 2.45) is 5.41 Å². The van der Waals surface area contributed by atoms with Gasteiger partial charge < -0.3 is 10.4 Å². The lowest BCUT2D eigenvalue weighted by Crippen LogP contribution is -2.42. The quantitative estimate of drug-likeness (QED) is 0.779. The molecule has 2 amide bonds. The normalized spacial score (nSPS) is 16.7. The highest BCUT2D eigenvalue weighted by molar-refractivity contribution is 7.15. The average molecular weight is 311 g/mol. The third kappa shape index (κ3) is 3.53. The van der Waals surface area contributed by atoms with Gasteiger partial charge in [0.2, 0.25) is 0 Å². The number of aryl methyl sites for hydroxylation is 2. The number of nitrogens with zero attached hydrogens (tertiary/aromatic N) is 1. The van der Waals surface area contributed by atoms with Crippen LogP contribution in [0.1, 0.15) is 43.2 Å². The minimum Gasteiger partial charge on any atom is -0.481 e. The molecule has 1 heterocycles. The molecule has 0 spiro atoms. The highest BCUT2D eigenvalue weighted by atomic mass is 32.1. The predicted octanol–water partition coefficient (Wildman–Crippen LogP) is 2.78. The van der Waals surface area contributed by atoms with E-state index < -0.39 is 11.4 Å². The van der Waals surface area contributed by atoms with Crippen LogP contribution in [0.25, 0.3) is 0 Å². The number of aliphatic carboxylic acids is 1. The van der Waals surface area contributed by atoms with Crippen LogP contribution in [0.5, 0.6) is 0 Å². The molecule has 1 aromatic heterocycles. The first-order valence-corrected chi connectivity index (χ1v) is 8.03. The van der Waals surface area contributed by atoms with Crippen molar-refractivity contribution in [3.63, 3.8) is 0 Å². The second-order valence-electron chi connectivity index (χ2n) is 5.48. The molecule has 1 fully saturated rings. The molecule has 6 nitrogen and oxygen atoms in total. The van der Waals surface area contributed by atoms with E-state index in [4.69, 9.17) is 0 Å². The van der Waals surface area contributed by atoms with Gasteiger partial charge >= 0.3 is 12.0 Å². The maximum Gasteiger partial charge on any atom is 0.321 e. The average Bonchev–Trinajstić information content (AvgIpc) is 3.04. The van der Waals surface area contributed by atoms with Crippen LogP contribution in [0, 0.1) is 12.3 Å². The number of aromatic nitrogens is 1. The standard InChI is InChI=1S/C14H21N3O3S/c1-3-10-9(2)21-13(16-10)17-12(20)15-8-14(11(18)19)6-4-5-7-14/h3-8H2,1-2H3,(H,18,19)(H2,15,16,17,20). The van der Waals surface area contributed by atoms with Gasteiger partial charge in [0.1, 0.15) is 0 Å². The summed E-state index contributed by atoms with van der Waals surface area (Å²) in [5.41, 5.74) is 0.179. The predicted molar refractivity (Wildman–Crippen MR) is 81.8 cm³/mol. The van der Waals surface area contributed by atoms with Crippen LogP contribution in [-0.4, -0.2) is 28.6 Å². The zero-order valence-corrected chi connectivity index (χ0v) is 13.2. The summed E-state index contributed by atoms with van der Waals surface area (Å²) in [6.07, 6.45) is 3.88. The van der Waals surface area contributed by atoms with Gasteiger partial charge in [-0.1, -0.05) is 19.8 Å². The van der Waals surface area contributed by atoms with Crippen molar-refractivity contribution in [3.8, 4) is 0 Å². The number of hydrogen-bond acceptors (Lipinski definition) is 4. The van der Waals surface area contributed by atoms with Crippen molar-refractivity contribution < 1.29 is 14.7 Å². The molecule has 1 aromatic rings. The Balaban J connectivity index is 1.91. The highest BCUT2D eigenvalue weighted by Crippen LogP contribution is 2.37. The van der Waals surface area contributed by atoms with Gasteiger partial charge in [-0.15, -0.1) is 11.3 Å². The van der Waals surface area contributed by atoms with E-state index in [0.717, 1.165) is 29.8 Å². The zero-order valence-electron chi connectivity index (χ0n) is 12.4. The molecule has 21 heavy (non-hydrogen) atoms.